The highest BCUT2D eigenvalue weighted by atomic mass is 16.1. The second-order valence-electron chi connectivity index (χ2n) is 5.27. The summed E-state index contributed by atoms with van der Waals surface area (Å²) in [6.45, 7) is 5.99. The van der Waals surface area contributed by atoms with Gasteiger partial charge in [-0.05, 0) is 18.6 Å². The minimum absolute atomic E-state index is 0.0159. The molecular weight excluding hydrogens is 288 g/mol. The van der Waals surface area contributed by atoms with Crippen LogP contribution in [0.25, 0.3) is 11.1 Å². The summed E-state index contributed by atoms with van der Waals surface area (Å²) in [6, 6.07) is 13.3. The van der Waals surface area contributed by atoms with E-state index >= 15 is 0 Å². The minimum atomic E-state index is 0.0159. The minimum Gasteiger partial charge on any atom is -0.380 e. The van der Waals surface area contributed by atoms with Crippen molar-refractivity contribution in [2.24, 2.45) is 0 Å². The molecular formula is C19H22N2O2. The van der Waals surface area contributed by atoms with Crippen LogP contribution in [0.3, 0.4) is 0 Å². The summed E-state index contributed by atoms with van der Waals surface area (Å²) in [5.74, 6) is 0.0159. The second kappa shape index (κ2) is 7.58. The summed E-state index contributed by atoms with van der Waals surface area (Å²) >= 11 is 0. The van der Waals surface area contributed by atoms with Crippen LogP contribution in [-0.4, -0.2) is 18.2 Å². The fourth-order valence-electron chi connectivity index (χ4n) is 2.57. The van der Waals surface area contributed by atoms with Crippen molar-refractivity contribution >= 4 is 23.6 Å². The molecule has 0 aromatic heterocycles. The van der Waals surface area contributed by atoms with E-state index in [2.05, 4.69) is 10.6 Å². The molecule has 2 aromatic rings. The highest BCUT2D eigenvalue weighted by Crippen LogP contribution is 2.36. The molecule has 0 aliphatic carbocycles. The Labute approximate surface area is 136 Å². The molecule has 0 radical (unpaired) electrons. The number of fused-ring (bicyclic) bond motifs is 1. The summed E-state index contributed by atoms with van der Waals surface area (Å²) < 4.78 is 0. The number of hydrogen-bond acceptors (Lipinski definition) is 3. The van der Waals surface area contributed by atoms with E-state index in [4.69, 9.17) is 0 Å². The Morgan fingerprint density at radius 3 is 2.43 bits per heavy atom. The maximum atomic E-state index is 11.8. The van der Waals surface area contributed by atoms with Crippen LogP contribution < -0.4 is 10.6 Å². The molecule has 1 atom stereocenters. The normalized spacial score (nSPS) is 16.0. The van der Waals surface area contributed by atoms with Gasteiger partial charge in [-0.2, -0.15) is 0 Å². The van der Waals surface area contributed by atoms with Crippen LogP contribution in [0.4, 0.5) is 11.4 Å². The Hall–Kier alpha value is -2.62. The molecule has 2 N–H and O–H groups in total. The van der Waals surface area contributed by atoms with Crippen molar-refractivity contribution in [2.45, 2.75) is 33.2 Å². The third-order valence-corrected chi connectivity index (χ3v) is 3.58. The van der Waals surface area contributed by atoms with Gasteiger partial charge in [-0.1, -0.05) is 50.2 Å². The zero-order chi connectivity index (χ0) is 16.8. The molecule has 4 nitrogen and oxygen atoms in total. The van der Waals surface area contributed by atoms with E-state index in [1.165, 1.54) is 0 Å². The maximum Gasteiger partial charge on any atom is 0.226 e. The number of benzene rings is 2. The van der Waals surface area contributed by atoms with Gasteiger partial charge in [0.2, 0.25) is 5.91 Å². The largest absolute Gasteiger partial charge is 0.380 e. The van der Waals surface area contributed by atoms with Crippen LogP contribution in [0.1, 0.15) is 37.6 Å². The molecule has 2 aromatic carbocycles. The number of para-hydroxylation sites is 1. The lowest BCUT2D eigenvalue weighted by Gasteiger charge is -2.16. The molecule has 1 amide bonds. The monoisotopic (exact) mass is 310 g/mol. The Kier molecular flexibility index (Phi) is 5.52. The molecule has 1 aliphatic rings. The fraction of sp³-hybridized carbons (Fsp3) is 0.263. The number of anilines is 2. The Morgan fingerprint density at radius 2 is 1.78 bits per heavy atom. The summed E-state index contributed by atoms with van der Waals surface area (Å²) in [5, 5.41) is 6.32. The van der Waals surface area contributed by atoms with Gasteiger partial charge in [0.1, 0.15) is 6.29 Å². The van der Waals surface area contributed by atoms with Crippen molar-refractivity contribution in [1.82, 2.24) is 0 Å². The highest BCUT2D eigenvalue weighted by Gasteiger charge is 2.20. The number of aldehydes is 1. The van der Waals surface area contributed by atoms with Crippen LogP contribution >= 0.6 is 0 Å². The predicted octanol–water partition coefficient (Wildman–Crippen LogP) is 4.33. The smallest absolute Gasteiger partial charge is 0.226 e. The van der Waals surface area contributed by atoms with E-state index in [0.717, 1.165) is 28.8 Å². The molecule has 23 heavy (non-hydrogen) atoms. The number of nitrogens with one attached hydrogen (secondary N) is 2. The van der Waals surface area contributed by atoms with Crippen LogP contribution in [0.15, 0.2) is 42.5 Å². The van der Waals surface area contributed by atoms with Gasteiger partial charge in [-0.3, -0.25) is 9.59 Å². The van der Waals surface area contributed by atoms with Gasteiger partial charge in [0.15, 0.2) is 0 Å². The predicted molar refractivity (Wildman–Crippen MR) is 94.9 cm³/mol. The second-order valence-corrected chi connectivity index (χ2v) is 5.27. The molecule has 0 saturated carbocycles. The maximum absolute atomic E-state index is 11.8. The molecule has 1 heterocycles. The third kappa shape index (κ3) is 3.77. The van der Waals surface area contributed by atoms with Crippen molar-refractivity contribution in [3.05, 3.63) is 48.0 Å². The SMILES string of the molecule is CC.C[C@@H]1CC(=O)Nc2cccc(-c3ccc(C=O)cc3)c2N1. The van der Waals surface area contributed by atoms with Crippen LogP contribution in [0.2, 0.25) is 0 Å². The van der Waals surface area contributed by atoms with E-state index in [1.54, 1.807) is 12.1 Å². The zero-order valence-electron chi connectivity index (χ0n) is 13.7. The van der Waals surface area contributed by atoms with E-state index in [1.807, 2.05) is 51.1 Å². The van der Waals surface area contributed by atoms with E-state index in [0.29, 0.717) is 12.0 Å². The summed E-state index contributed by atoms with van der Waals surface area (Å²) in [4.78, 5) is 22.5. The van der Waals surface area contributed by atoms with Crippen molar-refractivity contribution in [3.8, 4) is 11.1 Å². The van der Waals surface area contributed by atoms with Gasteiger partial charge >= 0.3 is 0 Å². The van der Waals surface area contributed by atoms with Crippen molar-refractivity contribution < 1.29 is 9.59 Å². The van der Waals surface area contributed by atoms with E-state index < -0.39 is 0 Å². The van der Waals surface area contributed by atoms with Crippen LogP contribution in [-0.2, 0) is 4.79 Å². The topological polar surface area (TPSA) is 58.2 Å². The van der Waals surface area contributed by atoms with Gasteiger partial charge in [0.05, 0.1) is 11.4 Å². The first kappa shape index (κ1) is 16.7. The van der Waals surface area contributed by atoms with Crippen LogP contribution in [0.5, 0.6) is 0 Å². The first-order chi connectivity index (χ1) is 11.2. The quantitative estimate of drug-likeness (QED) is 0.811. The molecule has 0 fully saturated rings. The third-order valence-electron chi connectivity index (χ3n) is 3.58. The Balaban J connectivity index is 0.000000924. The number of hydrogen-bond donors (Lipinski definition) is 2. The lowest BCUT2D eigenvalue weighted by atomic mass is 10.0. The first-order valence-electron chi connectivity index (χ1n) is 7.92. The van der Waals surface area contributed by atoms with Crippen molar-refractivity contribution in [1.29, 1.82) is 0 Å². The molecule has 1 aliphatic heterocycles. The summed E-state index contributed by atoms with van der Waals surface area (Å²) in [5.41, 5.74) is 4.39. The lowest BCUT2D eigenvalue weighted by molar-refractivity contribution is -0.116. The van der Waals surface area contributed by atoms with Crippen LogP contribution in [0, 0.1) is 0 Å². The number of rotatable bonds is 2. The highest BCUT2D eigenvalue weighted by molar-refractivity contribution is 6.00. The van der Waals surface area contributed by atoms with Gasteiger partial charge in [0, 0.05) is 23.6 Å². The summed E-state index contributed by atoms with van der Waals surface area (Å²) in [7, 11) is 0. The van der Waals surface area contributed by atoms with Gasteiger partial charge in [0.25, 0.3) is 0 Å². The number of amides is 1. The average Bonchev–Trinajstić information content (AvgIpc) is 2.72. The van der Waals surface area contributed by atoms with Crippen molar-refractivity contribution in [2.75, 3.05) is 10.6 Å². The molecule has 0 unspecified atom stereocenters. The van der Waals surface area contributed by atoms with Crippen molar-refractivity contribution in [3.63, 3.8) is 0 Å². The summed E-state index contributed by atoms with van der Waals surface area (Å²) in [6.07, 6.45) is 1.27. The first-order valence-corrected chi connectivity index (χ1v) is 7.92. The lowest BCUT2D eigenvalue weighted by Crippen LogP contribution is -2.19. The van der Waals surface area contributed by atoms with E-state index in [-0.39, 0.29) is 11.9 Å². The molecule has 3 rings (SSSR count). The number of carbonyl (C=O) groups is 2. The Bertz CT molecular complexity index is 693. The van der Waals surface area contributed by atoms with Gasteiger partial charge in [-0.25, -0.2) is 0 Å². The Morgan fingerprint density at radius 1 is 1.09 bits per heavy atom. The fourth-order valence-corrected chi connectivity index (χ4v) is 2.57. The van der Waals surface area contributed by atoms with Gasteiger partial charge < -0.3 is 10.6 Å². The molecule has 0 bridgehead atoms. The standard InChI is InChI=1S/C17H16N2O2.C2H6/c1-11-9-16(21)19-15-4-2-3-14(17(15)18-11)13-7-5-12(10-20)6-8-13;1-2/h2-8,10-11,18H,9H2,1H3,(H,19,21);1-2H3/t11-;/m1./s1. The molecule has 120 valence electrons. The molecule has 0 saturated heterocycles. The zero-order valence-corrected chi connectivity index (χ0v) is 13.7. The molecule has 0 spiro atoms. The average molecular weight is 310 g/mol. The van der Waals surface area contributed by atoms with E-state index in [9.17, 15) is 9.59 Å². The van der Waals surface area contributed by atoms with Gasteiger partial charge in [-0.15, -0.1) is 0 Å². The molecule has 4 heteroatoms. The number of carbonyl (C=O) groups excluding carboxylic acids is 2.